The first-order valence-corrected chi connectivity index (χ1v) is 6.46. The van der Waals surface area contributed by atoms with Crippen LogP contribution < -0.4 is 10.6 Å². The summed E-state index contributed by atoms with van der Waals surface area (Å²) in [6.45, 7) is 2.01. The van der Waals surface area contributed by atoms with Crippen LogP contribution in [-0.4, -0.2) is 36.8 Å². The Kier molecular flexibility index (Phi) is 7.17. The second-order valence-corrected chi connectivity index (χ2v) is 4.43. The molecule has 0 aromatic heterocycles. The van der Waals surface area contributed by atoms with Crippen LogP contribution in [0.3, 0.4) is 0 Å². The van der Waals surface area contributed by atoms with Gasteiger partial charge in [-0.15, -0.1) is 0 Å². The zero-order valence-corrected chi connectivity index (χ0v) is 10.0. The van der Waals surface area contributed by atoms with Crippen LogP contribution >= 0.6 is 0 Å². The summed E-state index contributed by atoms with van der Waals surface area (Å²) in [6.07, 6.45) is 7.33. The van der Waals surface area contributed by atoms with Gasteiger partial charge in [0.05, 0.1) is 6.04 Å². The molecule has 1 rings (SSSR count). The van der Waals surface area contributed by atoms with E-state index in [1.54, 1.807) is 0 Å². The molecule has 1 fully saturated rings. The summed E-state index contributed by atoms with van der Waals surface area (Å²) in [6, 6.07) is 0.0335. The van der Waals surface area contributed by atoms with Crippen LogP contribution in [0.15, 0.2) is 0 Å². The zero-order valence-electron chi connectivity index (χ0n) is 10.0. The lowest BCUT2D eigenvalue weighted by Gasteiger charge is -2.22. The highest BCUT2D eigenvalue weighted by molar-refractivity contribution is 5.81. The molecule has 0 aliphatic carbocycles. The van der Waals surface area contributed by atoms with Crippen molar-refractivity contribution in [1.82, 2.24) is 10.6 Å². The van der Waals surface area contributed by atoms with Crippen molar-refractivity contribution in [1.29, 1.82) is 0 Å². The SMILES string of the molecule is O=C(NCCCCCCO)[C@H]1CCCCN1. The van der Waals surface area contributed by atoms with Gasteiger partial charge in [-0.2, -0.15) is 0 Å². The maximum atomic E-state index is 11.7. The minimum atomic E-state index is 0.0335. The number of carbonyl (C=O) groups is 1. The van der Waals surface area contributed by atoms with E-state index in [1.165, 1.54) is 6.42 Å². The molecule has 94 valence electrons. The van der Waals surface area contributed by atoms with E-state index < -0.39 is 0 Å². The van der Waals surface area contributed by atoms with Crippen molar-refractivity contribution in [2.45, 2.75) is 51.0 Å². The predicted octanol–water partition coefficient (Wildman–Crippen LogP) is 0.797. The zero-order chi connectivity index (χ0) is 11.6. The van der Waals surface area contributed by atoms with E-state index in [2.05, 4.69) is 10.6 Å². The molecule has 1 heterocycles. The van der Waals surface area contributed by atoms with E-state index in [-0.39, 0.29) is 18.6 Å². The van der Waals surface area contributed by atoms with Crippen LogP contribution in [0.1, 0.15) is 44.9 Å². The van der Waals surface area contributed by atoms with Crippen LogP contribution in [-0.2, 0) is 4.79 Å². The molecule has 0 radical (unpaired) electrons. The predicted molar refractivity (Wildman–Crippen MR) is 64.2 cm³/mol. The van der Waals surface area contributed by atoms with Crippen molar-refractivity contribution in [3.8, 4) is 0 Å². The number of aliphatic hydroxyl groups excluding tert-OH is 1. The Bertz CT molecular complexity index is 191. The van der Waals surface area contributed by atoms with Gasteiger partial charge in [0.1, 0.15) is 0 Å². The van der Waals surface area contributed by atoms with Gasteiger partial charge in [0, 0.05) is 13.2 Å². The molecule has 1 saturated heterocycles. The number of hydrogen-bond acceptors (Lipinski definition) is 3. The molecule has 0 bridgehead atoms. The van der Waals surface area contributed by atoms with E-state index in [1.807, 2.05) is 0 Å². The third-order valence-electron chi connectivity index (χ3n) is 3.01. The number of amides is 1. The van der Waals surface area contributed by atoms with E-state index >= 15 is 0 Å². The summed E-state index contributed by atoms with van der Waals surface area (Å²) in [5, 5.41) is 14.8. The molecule has 16 heavy (non-hydrogen) atoms. The Morgan fingerprint density at radius 3 is 2.75 bits per heavy atom. The van der Waals surface area contributed by atoms with Gasteiger partial charge < -0.3 is 15.7 Å². The third kappa shape index (κ3) is 5.47. The molecule has 1 aliphatic heterocycles. The van der Waals surface area contributed by atoms with Crippen molar-refractivity contribution in [3.63, 3.8) is 0 Å². The van der Waals surface area contributed by atoms with Crippen LogP contribution in [0.2, 0.25) is 0 Å². The number of piperidine rings is 1. The molecule has 3 N–H and O–H groups in total. The third-order valence-corrected chi connectivity index (χ3v) is 3.01. The first kappa shape index (κ1) is 13.5. The number of unbranched alkanes of at least 4 members (excludes halogenated alkanes) is 3. The highest BCUT2D eigenvalue weighted by Gasteiger charge is 2.19. The molecule has 4 nitrogen and oxygen atoms in total. The van der Waals surface area contributed by atoms with Gasteiger partial charge in [-0.1, -0.05) is 19.3 Å². The maximum absolute atomic E-state index is 11.7. The summed E-state index contributed by atoms with van der Waals surface area (Å²) in [7, 11) is 0. The molecule has 0 spiro atoms. The minimum Gasteiger partial charge on any atom is -0.396 e. The number of nitrogens with one attached hydrogen (secondary N) is 2. The molecule has 0 saturated carbocycles. The molecule has 1 amide bonds. The second kappa shape index (κ2) is 8.53. The monoisotopic (exact) mass is 228 g/mol. The lowest BCUT2D eigenvalue weighted by atomic mass is 10.0. The molecule has 1 aliphatic rings. The quantitative estimate of drug-likeness (QED) is 0.565. The highest BCUT2D eigenvalue weighted by Crippen LogP contribution is 2.06. The van der Waals surface area contributed by atoms with E-state index in [0.29, 0.717) is 0 Å². The number of carbonyl (C=O) groups excluding carboxylic acids is 1. The first-order chi connectivity index (χ1) is 7.84. The van der Waals surface area contributed by atoms with Crippen molar-refractivity contribution < 1.29 is 9.90 Å². The van der Waals surface area contributed by atoms with Crippen molar-refractivity contribution >= 4 is 5.91 Å². The van der Waals surface area contributed by atoms with Gasteiger partial charge in [-0.25, -0.2) is 0 Å². The minimum absolute atomic E-state index is 0.0335. The average Bonchev–Trinajstić information content (AvgIpc) is 2.34. The highest BCUT2D eigenvalue weighted by atomic mass is 16.2. The van der Waals surface area contributed by atoms with Crippen molar-refractivity contribution in [2.75, 3.05) is 19.7 Å². The Hall–Kier alpha value is -0.610. The summed E-state index contributed by atoms with van der Waals surface area (Å²) < 4.78 is 0. The van der Waals surface area contributed by atoms with Gasteiger partial charge in [0.25, 0.3) is 0 Å². The smallest absolute Gasteiger partial charge is 0.237 e. The lowest BCUT2D eigenvalue weighted by Crippen LogP contribution is -2.46. The lowest BCUT2D eigenvalue weighted by molar-refractivity contribution is -0.123. The largest absolute Gasteiger partial charge is 0.396 e. The normalized spacial score (nSPS) is 20.7. The van der Waals surface area contributed by atoms with E-state index in [4.69, 9.17) is 5.11 Å². The summed E-state index contributed by atoms with van der Waals surface area (Å²) in [5.41, 5.74) is 0. The molecular formula is C12H24N2O2. The molecular weight excluding hydrogens is 204 g/mol. The van der Waals surface area contributed by atoms with Crippen LogP contribution in [0.25, 0.3) is 0 Å². The topological polar surface area (TPSA) is 61.4 Å². The fourth-order valence-electron chi connectivity index (χ4n) is 2.00. The number of rotatable bonds is 7. The van der Waals surface area contributed by atoms with Gasteiger partial charge in [-0.05, 0) is 32.2 Å². The van der Waals surface area contributed by atoms with Gasteiger partial charge in [-0.3, -0.25) is 4.79 Å². The fraction of sp³-hybridized carbons (Fsp3) is 0.917. The van der Waals surface area contributed by atoms with Crippen LogP contribution in [0.5, 0.6) is 0 Å². The molecule has 0 aromatic carbocycles. The summed E-state index contributed by atoms with van der Waals surface area (Å²) in [5.74, 6) is 0.154. The fourth-order valence-corrected chi connectivity index (χ4v) is 2.00. The second-order valence-electron chi connectivity index (χ2n) is 4.43. The van der Waals surface area contributed by atoms with Gasteiger partial charge in [0.15, 0.2) is 0 Å². The van der Waals surface area contributed by atoms with E-state index in [9.17, 15) is 4.79 Å². The molecule has 1 atom stereocenters. The Labute approximate surface area is 97.8 Å². The molecule has 4 heteroatoms. The Morgan fingerprint density at radius 2 is 2.06 bits per heavy atom. The first-order valence-electron chi connectivity index (χ1n) is 6.46. The van der Waals surface area contributed by atoms with Crippen LogP contribution in [0, 0.1) is 0 Å². The summed E-state index contributed by atoms with van der Waals surface area (Å²) >= 11 is 0. The van der Waals surface area contributed by atoms with Gasteiger partial charge in [0.2, 0.25) is 5.91 Å². The van der Waals surface area contributed by atoms with Gasteiger partial charge >= 0.3 is 0 Å². The van der Waals surface area contributed by atoms with Crippen molar-refractivity contribution in [2.24, 2.45) is 0 Å². The Balaban J connectivity index is 1.97. The van der Waals surface area contributed by atoms with Crippen molar-refractivity contribution in [3.05, 3.63) is 0 Å². The number of aliphatic hydroxyl groups is 1. The maximum Gasteiger partial charge on any atom is 0.237 e. The average molecular weight is 228 g/mol. The number of hydrogen-bond donors (Lipinski definition) is 3. The molecule has 0 unspecified atom stereocenters. The van der Waals surface area contributed by atoms with E-state index in [0.717, 1.165) is 51.6 Å². The molecule has 0 aromatic rings. The Morgan fingerprint density at radius 1 is 1.25 bits per heavy atom. The summed E-state index contributed by atoms with van der Waals surface area (Å²) in [4.78, 5) is 11.7. The van der Waals surface area contributed by atoms with Crippen LogP contribution in [0.4, 0.5) is 0 Å². The standard InChI is InChI=1S/C12H24N2O2/c15-10-6-2-1-4-9-14-12(16)11-7-3-5-8-13-11/h11,13,15H,1-10H2,(H,14,16)/t11-/m1/s1.